The number of aromatic hydroxyl groups is 1. The van der Waals surface area contributed by atoms with E-state index < -0.39 is 0 Å². The lowest BCUT2D eigenvalue weighted by molar-refractivity contribution is 0.183. The number of fused-ring (bicyclic) bond motifs is 1. The SMILES string of the molecule is Oc1ccc2c(Oc3ccc(OCCN4CCCCC4)cc3)c(C3CC=CS3)ccc2c1. The highest BCUT2D eigenvalue weighted by atomic mass is 32.2. The maximum atomic E-state index is 9.90. The molecule has 0 spiro atoms. The minimum atomic E-state index is 0.263. The molecule has 0 saturated carbocycles. The first-order valence-corrected chi connectivity index (χ1v) is 12.4. The Kier molecular flexibility index (Phi) is 6.56. The Morgan fingerprint density at radius 3 is 2.53 bits per heavy atom. The monoisotopic (exact) mass is 447 g/mol. The van der Waals surface area contributed by atoms with Crippen molar-refractivity contribution in [1.82, 2.24) is 4.90 Å². The van der Waals surface area contributed by atoms with Crippen LogP contribution in [0.25, 0.3) is 10.8 Å². The molecule has 1 N–H and O–H groups in total. The molecule has 1 atom stereocenters. The molecule has 2 aliphatic heterocycles. The third kappa shape index (κ3) is 4.89. The first-order valence-electron chi connectivity index (χ1n) is 11.5. The van der Waals surface area contributed by atoms with E-state index in [0.29, 0.717) is 11.9 Å². The lowest BCUT2D eigenvalue weighted by Gasteiger charge is -2.26. The summed E-state index contributed by atoms with van der Waals surface area (Å²) in [5.41, 5.74) is 1.18. The summed E-state index contributed by atoms with van der Waals surface area (Å²) in [7, 11) is 0. The van der Waals surface area contributed by atoms with Gasteiger partial charge in [-0.1, -0.05) is 24.6 Å². The number of allylic oxidation sites excluding steroid dienone is 1. The molecule has 32 heavy (non-hydrogen) atoms. The predicted molar refractivity (Wildman–Crippen MR) is 132 cm³/mol. The number of ether oxygens (including phenoxy) is 2. The second-order valence-corrected chi connectivity index (χ2v) is 9.56. The van der Waals surface area contributed by atoms with E-state index in [-0.39, 0.29) is 5.75 Å². The number of nitrogens with zero attached hydrogens (tertiary/aromatic N) is 1. The van der Waals surface area contributed by atoms with E-state index in [2.05, 4.69) is 28.5 Å². The number of thioether (sulfide) groups is 1. The van der Waals surface area contributed by atoms with Crippen LogP contribution in [0.4, 0.5) is 0 Å². The number of likely N-dealkylation sites (tertiary alicyclic amines) is 1. The molecule has 3 aromatic rings. The summed E-state index contributed by atoms with van der Waals surface area (Å²) in [6.45, 7) is 4.08. The molecular weight excluding hydrogens is 418 g/mol. The fraction of sp³-hybridized carbons (Fsp3) is 0.333. The van der Waals surface area contributed by atoms with Crippen molar-refractivity contribution in [2.75, 3.05) is 26.2 Å². The second-order valence-electron chi connectivity index (χ2n) is 8.45. The lowest BCUT2D eigenvalue weighted by atomic mass is 10.0. The van der Waals surface area contributed by atoms with Crippen LogP contribution in [0, 0.1) is 0 Å². The molecule has 1 fully saturated rings. The van der Waals surface area contributed by atoms with Crippen LogP contribution in [0.1, 0.15) is 36.5 Å². The normalized spacial score (nSPS) is 18.8. The molecule has 0 aromatic heterocycles. The Hall–Kier alpha value is -2.63. The highest BCUT2D eigenvalue weighted by Crippen LogP contribution is 2.46. The molecule has 5 rings (SSSR count). The van der Waals surface area contributed by atoms with Crippen LogP contribution >= 0.6 is 11.8 Å². The molecule has 3 aromatic carbocycles. The van der Waals surface area contributed by atoms with E-state index in [0.717, 1.165) is 41.0 Å². The molecule has 0 aliphatic carbocycles. The number of hydrogen-bond donors (Lipinski definition) is 1. The van der Waals surface area contributed by atoms with Crippen LogP contribution in [0.2, 0.25) is 0 Å². The molecule has 4 nitrogen and oxygen atoms in total. The van der Waals surface area contributed by atoms with Gasteiger partial charge in [-0.25, -0.2) is 0 Å². The Morgan fingerprint density at radius 2 is 1.75 bits per heavy atom. The topological polar surface area (TPSA) is 41.9 Å². The van der Waals surface area contributed by atoms with E-state index in [1.54, 1.807) is 12.1 Å². The molecule has 0 amide bonds. The summed E-state index contributed by atoms with van der Waals surface area (Å²) in [6.07, 6.45) is 7.16. The van der Waals surface area contributed by atoms with Crippen molar-refractivity contribution in [1.29, 1.82) is 0 Å². The van der Waals surface area contributed by atoms with Gasteiger partial charge in [0.05, 0.1) is 0 Å². The molecule has 166 valence electrons. The summed E-state index contributed by atoms with van der Waals surface area (Å²) in [4.78, 5) is 2.48. The number of hydrogen-bond acceptors (Lipinski definition) is 5. The van der Waals surface area contributed by atoms with Crippen LogP contribution in [-0.4, -0.2) is 36.2 Å². The number of rotatable bonds is 7. The van der Waals surface area contributed by atoms with Crippen LogP contribution in [0.15, 0.2) is 66.1 Å². The van der Waals surface area contributed by atoms with Crippen molar-refractivity contribution in [3.05, 3.63) is 71.6 Å². The summed E-state index contributed by atoms with van der Waals surface area (Å²) >= 11 is 1.82. The van der Waals surface area contributed by atoms with E-state index in [1.807, 2.05) is 42.1 Å². The van der Waals surface area contributed by atoms with E-state index >= 15 is 0 Å². The second kappa shape index (κ2) is 9.88. The van der Waals surface area contributed by atoms with Crippen LogP contribution in [0.5, 0.6) is 23.0 Å². The average molecular weight is 448 g/mol. The van der Waals surface area contributed by atoms with Crippen molar-refractivity contribution in [2.45, 2.75) is 30.9 Å². The largest absolute Gasteiger partial charge is 0.508 e. The number of phenols is 1. The maximum absolute atomic E-state index is 9.90. The zero-order chi connectivity index (χ0) is 21.8. The van der Waals surface area contributed by atoms with E-state index in [9.17, 15) is 5.11 Å². The van der Waals surface area contributed by atoms with Gasteiger partial charge in [0.2, 0.25) is 0 Å². The first kappa shape index (κ1) is 21.2. The third-order valence-electron chi connectivity index (χ3n) is 6.19. The molecule has 0 radical (unpaired) electrons. The summed E-state index contributed by atoms with van der Waals surface area (Å²) in [6, 6.07) is 17.5. The first-order chi connectivity index (χ1) is 15.8. The van der Waals surface area contributed by atoms with Gasteiger partial charge >= 0.3 is 0 Å². The van der Waals surface area contributed by atoms with Gasteiger partial charge in [-0.15, -0.1) is 11.8 Å². The highest BCUT2D eigenvalue weighted by Gasteiger charge is 2.21. The number of piperidine rings is 1. The van der Waals surface area contributed by atoms with Crippen molar-refractivity contribution in [2.24, 2.45) is 0 Å². The molecule has 1 saturated heterocycles. The number of phenolic OH excluding ortho intramolecular Hbond substituents is 1. The molecule has 2 aliphatic rings. The fourth-order valence-electron chi connectivity index (χ4n) is 4.46. The van der Waals surface area contributed by atoms with Crippen molar-refractivity contribution in [3.63, 3.8) is 0 Å². The standard InChI is InChI=1S/C27H29NO3S/c29-21-7-13-24-20(19-21)6-12-25(26-5-4-18-32-26)27(24)31-23-10-8-22(9-11-23)30-17-16-28-14-2-1-3-15-28/h4,6-13,18-19,26,29H,1-3,5,14-17H2. The Bertz CT molecular complexity index is 1080. The van der Waals surface area contributed by atoms with E-state index in [1.165, 1.54) is 37.9 Å². The number of benzene rings is 3. The van der Waals surface area contributed by atoms with Gasteiger partial charge in [-0.3, -0.25) is 4.90 Å². The summed E-state index contributed by atoms with van der Waals surface area (Å²) in [5, 5.41) is 14.4. The van der Waals surface area contributed by atoms with Gasteiger partial charge in [-0.2, -0.15) is 0 Å². The van der Waals surface area contributed by atoms with Gasteiger partial charge in [-0.05, 0) is 85.6 Å². The molecular formula is C27H29NO3S. The third-order valence-corrected chi connectivity index (χ3v) is 7.31. The highest BCUT2D eigenvalue weighted by molar-refractivity contribution is 8.02. The van der Waals surface area contributed by atoms with Gasteiger partial charge < -0.3 is 14.6 Å². The Balaban J connectivity index is 1.31. The van der Waals surface area contributed by atoms with Gasteiger partial charge in [0.1, 0.15) is 29.6 Å². The van der Waals surface area contributed by atoms with E-state index in [4.69, 9.17) is 9.47 Å². The van der Waals surface area contributed by atoms with Gasteiger partial charge in [0.25, 0.3) is 0 Å². The van der Waals surface area contributed by atoms with Crippen LogP contribution in [-0.2, 0) is 0 Å². The molecule has 1 unspecified atom stereocenters. The van der Waals surface area contributed by atoms with Crippen LogP contribution < -0.4 is 9.47 Å². The zero-order valence-electron chi connectivity index (χ0n) is 18.2. The lowest BCUT2D eigenvalue weighted by Crippen LogP contribution is -2.33. The predicted octanol–water partition coefficient (Wildman–Crippen LogP) is 6.89. The minimum absolute atomic E-state index is 0.263. The van der Waals surface area contributed by atoms with Gasteiger partial charge in [0.15, 0.2) is 0 Å². The smallest absolute Gasteiger partial charge is 0.139 e. The summed E-state index contributed by atoms with van der Waals surface area (Å²) < 4.78 is 12.4. The zero-order valence-corrected chi connectivity index (χ0v) is 19.0. The summed E-state index contributed by atoms with van der Waals surface area (Å²) in [5.74, 6) is 2.78. The van der Waals surface area contributed by atoms with Crippen molar-refractivity contribution in [3.8, 4) is 23.0 Å². The maximum Gasteiger partial charge on any atom is 0.139 e. The molecule has 5 heteroatoms. The quantitative estimate of drug-likeness (QED) is 0.427. The van der Waals surface area contributed by atoms with Gasteiger partial charge in [0, 0.05) is 22.7 Å². The van der Waals surface area contributed by atoms with Crippen molar-refractivity contribution >= 4 is 22.5 Å². The fourth-order valence-corrected chi connectivity index (χ4v) is 5.42. The average Bonchev–Trinajstić information content (AvgIpc) is 3.36. The molecule has 0 bridgehead atoms. The van der Waals surface area contributed by atoms with Crippen LogP contribution in [0.3, 0.4) is 0 Å². The molecule has 2 heterocycles. The Labute approximate surface area is 193 Å². The van der Waals surface area contributed by atoms with Crippen molar-refractivity contribution < 1.29 is 14.6 Å². The Morgan fingerprint density at radius 1 is 0.938 bits per heavy atom. The minimum Gasteiger partial charge on any atom is -0.508 e.